The van der Waals surface area contributed by atoms with E-state index in [0.29, 0.717) is 5.41 Å². The van der Waals surface area contributed by atoms with Crippen molar-refractivity contribution in [1.82, 2.24) is 5.32 Å². The van der Waals surface area contributed by atoms with Crippen molar-refractivity contribution in [3.05, 3.63) is 22.4 Å². The van der Waals surface area contributed by atoms with Gasteiger partial charge in [-0.15, -0.1) is 11.3 Å². The van der Waals surface area contributed by atoms with E-state index in [1.165, 1.54) is 4.88 Å². The predicted molar refractivity (Wildman–Crippen MR) is 44.5 cm³/mol. The summed E-state index contributed by atoms with van der Waals surface area (Å²) < 4.78 is 0. The maximum absolute atomic E-state index is 3.30. The van der Waals surface area contributed by atoms with Gasteiger partial charge in [-0.3, -0.25) is 0 Å². The fourth-order valence-electron chi connectivity index (χ4n) is 1.30. The first-order valence-corrected chi connectivity index (χ1v) is 4.44. The smallest absolute Gasteiger partial charge is 0.0268 e. The second-order valence-corrected chi connectivity index (χ2v) is 4.09. The summed E-state index contributed by atoms with van der Waals surface area (Å²) in [4.78, 5) is 1.52. The van der Waals surface area contributed by atoms with Crippen LogP contribution < -0.4 is 5.32 Å². The molecule has 1 N–H and O–H groups in total. The van der Waals surface area contributed by atoms with Gasteiger partial charge < -0.3 is 5.32 Å². The van der Waals surface area contributed by atoms with Crippen LogP contribution in [0.5, 0.6) is 0 Å². The number of nitrogens with one attached hydrogen (secondary N) is 1. The monoisotopic (exact) mass is 153 g/mol. The molecule has 0 aromatic carbocycles. The Hall–Kier alpha value is -0.340. The van der Waals surface area contributed by atoms with Crippen molar-refractivity contribution in [1.29, 1.82) is 0 Å². The van der Waals surface area contributed by atoms with Crippen molar-refractivity contribution in [2.24, 2.45) is 0 Å². The van der Waals surface area contributed by atoms with Crippen molar-refractivity contribution >= 4 is 11.3 Å². The zero-order valence-electron chi connectivity index (χ0n) is 6.05. The highest BCUT2D eigenvalue weighted by Crippen LogP contribution is 2.30. The second-order valence-electron chi connectivity index (χ2n) is 3.14. The Labute approximate surface area is 65.1 Å². The van der Waals surface area contributed by atoms with E-state index in [9.17, 15) is 0 Å². The predicted octanol–water partition coefficient (Wildman–Crippen LogP) is 1.61. The number of thiophene rings is 1. The van der Waals surface area contributed by atoms with E-state index in [4.69, 9.17) is 0 Å². The fraction of sp³-hybridized carbons (Fsp3) is 0.500. The number of hydrogen-bond donors (Lipinski definition) is 1. The molecule has 1 aliphatic heterocycles. The first kappa shape index (κ1) is 6.38. The largest absolute Gasteiger partial charge is 0.315 e. The summed E-state index contributed by atoms with van der Waals surface area (Å²) >= 11 is 1.87. The molecule has 2 heteroatoms. The van der Waals surface area contributed by atoms with E-state index in [0.717, 1.165) is 13.1 Å². The topological polar surface area (TPSA) is 12.0 Å². The molecule has 0 aliphatic carbocycles. The summed E-state index contributed by atoms with van der Waals surface area (Å²) in [7, 11) is 0. The Morgan fingerprint density at radius 2 is 2.40 bits per heavy atom. The average molecular weight is 153 g/mol. The minimum absolute atomic E-state index is 0.453. The summed E-state index contributed by atoms with van der Waals surface area (Å²) in [6.45, 7) is 4.61. The molecule has 1 aliphatic rings. The fourth-order valence-corrected chi connectivity index (χ4v) is 2.19. The lowest BCUT2D eigenvalue weighted by Crippen LogP contribution is -2.54. The molecule has 0 spiro atoms. The molecular formula is C8H11NS. The summed E-state index contributed by atoms with van der Waals surface area (Å²) in [5, 5.41) is 5.45. The van der Waals surface area contributed by atoms with Crippen LogP contribution in [0.3, 0.4) is 0 Å². The van der Waals surface area contributed by atoms with Crippen molar-refractivity contribution in [2.75, 3.05) is 13.1 Å². The van der Waals surface area contributed by atoms with Crippen molar-refractivity contribution < 1.29 is 0 Å². The molecule has 2 rings (SSSR count). The van der Waals surface area contributed by atoms with Gasteiger partial charge >= 0.3 is 0 Å². The molecule has 0 saturated carbocycles. The van der Waals surface area contributed by atoms with Crippen LogP contribution in [0.1, 0.15) is 11.8 Å². The van der Waals surface area contributed by atoms with Gasteiger partial charge in [0.05, 0.1) is 0 Å². The maximum atomic E-state index is 3.30. The van der Waals surface area contributed by atoms with Crippen molar-refractivity contribution in [3.63, 3.8) is 0 Å². The van der Waals surface area contributed by atoms with E-state index in [2.05, 4.69) is 29.8 Å². The molecule has 0 radical (unpaired) electrons. The van der Waals surface area contributed by atoms with Gasteiger partial charge in [-0.25, -0.2) is 0 Å². The van der Waals surface area contributed by atoms with Crippen LogP contribution in [0, 0.1) is 0 Å². The van der Waals surface area contributed by atoms with Crippen molar-refractivity contribution in [3.8, 4) is 0 Å². The van der Waals surface area contributed by atoms with Gasteiger partial charge in [0.25, 0.3) is 0 Å². The molecule has 0 bridgehead atoms. The third kappa shape index (κ3) is 0.796. The van der Waals surface area contributed by atoms with Crippen LogP contribution in [0.15, 0.2) is 17.5 Å². The normalized spacial score (nSPS) is 22.1. The molecule has 0 atom stereocenters. The van der Waals surface area contributed by atoms with Crippen LogP contribution in [-0.4, -0.2) is 13.1 Å². The zero-order valence-corrected chi connectivity index (χ0v) is 6.87. The molecule has 54 valence electrons. The zero-order chi connectivity index (χ0) is 7.03. The Kier molecular flexibility index (Phi) is 1.32. The first-order chi connectivity index (χ1) is 4.81. The molecule has 0 amide bonds. The van der Waals surface area contributed by atoms with E-state index in [-0.39, 0.29) is 0 Å². The molecule has 1 fully saturated rings. The lowest BCUT2D eigenvalue weighted by Gasteiger charge is -2.38. The van der Waals surface area contributed by atoms with Gasteiger partial charge in [-0.2, -0.15) is 0 Å². The third-order valence-electron chi connectivity index (χ3n) is 2.15. The lowest BCUT2D eigenvalue weighted by molar-refractivity contribution is 0.311. The summed E-state index contributed by atoms with van der Waals surface area (Å²) in [5.74, 6) is 0. The summed E-state index contributed by atoms with van der Waals surface area (Å²) in [5.41, 5.74) is 0.453. The molecule has 1 aromatic heterocycles. The summed E-state index contributed by atoms with van der Waals surface area (Å²) in [6, 6.07) is 4.36. The third-order valence-corrected chi connectivity index (χ3v) is 3.32. The van der Waals surface area contributed by atoms with Crippen LogP contribution in [-0.2, 0) is 5.41 Å². The second kappa shape index (κ2) is 2.07. The van der Waals surface area contributed by atoms with Crippen LogP contribution in [0.2, 0.25) is 0 Å². The van der Waals surface area contributed by atoms with E-state index >= 15 is 0 Å². The van der Waals surface area contributed by atoms with E-state index < -0.39 is 0 Å². The molecule has 1 aromatic rings. The highest BCUT2D eigenvalue weighted by molar-refractivity contribution is 7.10. The minimum Gasteiger partial charge on any atom is -0.315 e. The molecule has 0 unspecified atom stereocenters. The van der Waals surface area contributed by atoms with Crippen molar-refractivity contribution in [2.45, 2.75) is 12.3 Å². The van der Waals surface area contributed by atoms with E-state index in [1.807, 2.05) is 11.3 Å². The standard InChI is InChI=1S/C8H11NS/c1-8(5-9-6-8)7-3-2-4-10-7/h2-4,9H,5-6H2,1H3. The summed E-state index contributed by atoms with van der Waals surface area (Å²) in [6.07, 6.45) is 0. The van der Waals surface area contributed by atoms with Gasteiger partial charge in [0, 0.05) is 23.4 Å². The van der Waals surface area contributed by atoms with Gasteiger partial charge in [-0.1, -0.05) is 13.0 Å². The Bertz CT molecular complexity index is 211. The lowest BCUT2D eigenvalue weighted by atomic mass is 9.83. The van der Waals surface area contributed by atoms with Gasteiger partial charge in [-0.05, 0) is 11.4 Å². The highest BCUT2D eigenvalue weighted by Gasteiger charge is 2.33. The maximum Gasteiger partial charge on any atom is 0.0268 e. The van der Waals surface area contributed by atoms with Crippen LogP contribution in [0.4, 0.5) is 0 Å². The molecule has 1 saturated heterocycles. The quantitative estimate of drug-likeness (QED) is 0.646. The molecule has 1 nitrogen and oxygen atoms in total. The molecule has 10 heavy (non-hydrogen) atoms. The van der Waals surface area contributed by atoms with Gasteiger partial charge in [0.2, 0.25) is 0 Å². The minimum atomic E-state index is 0.453. The Morgan fingerprint density at radius 1 is 1.60 bits per heavy atom. The van der Waals surface area contributed by atoms with E-state index in [1.54, 1.807) is 0 Å². The van der Waals surface area contributed by atoms with Gasteiger partial charge in [0.1, 0.15) is 0 Å². The Morgan fingerprint density at radius 3 is 2.80 bits per heavy atom. The first-order valence-electron chi connectivity index (χ1n) is 3.56. The highest BCUT2D eigenvalue weighted by atomic mass is 32.1. The SMILES string of the molecule is CC1(c2cccs2)CNC1. The van der Waals surface area contributed by atoms with Crippen LogP contribution in [0.25, 0.3) is 0 Å². The Balaban J connectivity index is 2.27. The van der Waals surface area contributed by atoms with Gasteiger partial charge in [0.15, 0.2) is 0 Å². The molecule has 2 heterocycles. The number of hydrogen-bond acceptors (Lipinski definition) is 2. The van der Waals surface area contributed by atoms with Crippen LogP contribution >= 0.6 is 11.3 Å². The number of rotatable bonds is 1. The molecular weight excluding hydrogens is 142 g/mol. The average Bonchev–Trinajstić information content (AvgIpc) is 2.33.